The molecule has 28 heavy (non-hydrogen) atoms. The van der Waals surface area contributed by atoms with Crippen LogP contribution in [0.25, 0.3) is 11.3 Å². The van der Waals surface area contributed by atoms with E-state index < -0.39 is 0 Å². The number of nitrogens with one attached hydrogen (secondary N) is 1. The molecule has 1 aromatic heterocycles. The van der Waals surface area contributed by atoms with E-state index in [1.807, 2.05) is 32.0 Å². The van der Waals surface area contributed by atoms with E-state index in [2.05, 4.69) is 10.4 Å². The van der Waals surface area contributed by atoms with E-state index in [1.54, 1.807) is 30.3 Å². The zero-order chi connectivity index (χ0) is 20.3. The Bertz CT molecular complexity index is 1100. The Labute approximate surface area is 162 Å². The van der Waals surface area contributed by atoms with Crippen molar-refractivity contribution in [1.82, 2.24) is 9.78 Å². The fraction of sp³-hybridized carbons (Fsp3) is 0.182. The molecule has 1 N–H and O–H groups in total. The molecule has 2 aromatic carbocycles. The topological polar surface area (TPSA) is 81.1 Å². The first-order valence-electron chi connectivity index (χ1n) is 8.90. The van der Waals surface area contributed by atoms with Gasteiger partial charge >= 0.3 is 0 Å². The summed E-state index contributed by atoms with van der Waals surface area (Å²) < 4.78 is 1.15. The number of ketones is 1. The molecule has 0 bridgehead atoms. The predicted octanol–water partition coefficient (Wildman–Crippen LogP) is 3.37. The van der Waals surface area contributed by atoms with Crippen molar-refractivity contribution in [3.63, 3.8) is 0 Å². The molecule has 6 nitrogen and oxygen atoms in total. The van der Waals surface area contributed by atoms with Gasteiger partial charge in [0.1, 0.15) is 6.54 Å². The Kier molecular flexibility index (Phi) is 5.49. The van der Waals surface area contributed by atoms with Crippen LogP contribution in [0.15, 0.2) is 59.4 Å². The quantitative estimate of drug-likeness (QED) is 0.693. The molecular formula is C22H21N3O3. The van der Waals surface area contributed by atoms with E-state index in [9.17, 15) is 14.4 Å². The van der Waals surface area contributed by atoms with Gasteiger partial charge in [-0.15, -0.1) is 0 Å². The highest BCUT2D eigenvalue weighted by Crippen LogP contribution is 2.21. The molecule has 0 fully saturated rings. The van der Waals surface area contributed by atoms with Crippen molar-refractivity contribution in [3.8, 4) is 11.3 Å². The van der Waals surface area contributed by atoms with Crippen molar-refractivity contribution in [2.75, 3.05) is 5.32 Å². The third-order valence-corrected chi connectivity index (χ3v) is 4.40. The second-order valence-electron chi connectivity index (χ2n) is 6.71. The molecule has 1 heterocycles. The lowest BCUT2D eigenvalue weighted by atomic mass is 10.0. The van der Waals surface area contributed by atoms with Crippen molar-refractivity contribution >= 4 is 17.4 Å². The van der Waals surface area contributed by atoms with Crippen molar-refractivity contribution in [2.45, 2.75) is 27.3 Å². The molecule has 0 unspecified atom stereocenters. The summed E-state index contributed by atoms with van der Waals surface area (Å²) in [6, 6.07) is 15.7. The van der Waals surface area contributed by atoms with Crippen LogP contribution in [0.1, 0.15) is 28.4 Å². The molecule has 0 spiro atoms. The lowest BCUT2D eigenvalue weighted by Gasteiger charge is -2.10. The summed E-state index contributed by atoms with van der Waals surface area (Å²) in [5.41, 5.74) is 4.46. The maximum Gasteiger partial charge on any atom is 0.267 e. The summed E-state index contributed by atoms with van der Waals surface area (Å²) in [6.45, 7) is 5.24. The maximum absolute atomic E-state index is 12.3. The number of hydrogen-bond donors (Lipinski definition) is 1. The van der Waals surface area contributed by atoms with Crippen LogP contribution in [0.2, 0.25) is 0 Å². The van der Waals surface area contributed by atoms with Gasteiger partial charge < -0.3 is 5.32 Å². The van der Waals surface area contributed by atoms with Crippen LogP contribution in [0, 0.1) is 13.8 Å². The summed E-state index contributed by atoms with van der Waals surface area (Å²) in [5, 5.41) is 7.08. The molecule has 0 atom stereocenters. The smallest absolute Gasteiger partial charge is 0.267 e. The van der Waals surface area contributed by atoms with Gasteiger partial charge in [-0.1, -0.05) is 17.7 Å². The Balaban J connectivity index is 1.80. The molecule has 142 valence electrons. The number of nitrogens with zero attached hydrogens (tertiary/aromatic N) is 2. The van der Waals surface area contributed by atoms with Crippen LogP contribution in [-0.2, 0) is 11.3 Å². The van der Waals surface area contributed by atoms with Crippen molar-refractivity contribution in [2.24, 2.45) is 0 Å². The van der Waals surface area contributed by atoms with Gasteiger partial charge in [0.25, 0.3) is 5.56 Å². The number of aryl methyl sites for hydroxylation is 2. The molecule has 0 aliphatic carbocycles. The lowest BCUT2D eigenvalue weighted by Crippen LogP contribution is -2.29. The molecule has 1 amide bonds. The van der Waals surface area contributed by atoms with Gasteiger partial charge in [-0.05, 0) is 62.7 Å². The highest BCUT2D eigenvalue weighted by Gasteiger charge is 2.10. The molecule has 0 aliphatic heterocycles. The van der Waals surface area contributed by atoms with Crippen LogP contribution in [0.5, 0.6) is 0 Å². The number of carbonyl (C=O) groups excluding carboxylic acids is 2. The third kappa shape index (κ3) is 4.40. The minimum atomic E-state index is -0.372. The number of hydrogen-bond acceptors (Lipinski definition) is 4. The zero-order valence-electron chi connectivity index (χ0n) is 16.0. The van der Waals surface area contributed by atoms with Gasteiger partial charge in [-0.3, -0.25) is 14.4 Å². The predicted molar refractivity (Wildman–Crippen MR) is 108 cm³/mol. The first-order chi connectivity index (χ1) is 13.3. The third-order valence-electron chi connectivity index (χ3n) is 4.40. The largest absolute Gasteiger partial charge is 0.324 e. The highest BCUT2D eigenvalue weighted by atomic mass is 16.2. The number of amides is 1. The standard InChI is InChI=1S/C22H21N3O3/c1-14-4-5-15(2)19(12-14)20-10-11-22(28)25(24-20)13-21(27)23-18-8-6-17(7-9-18)16(3)26/h4-12H,13H2,1-3H3,(H,23,27). The van der Waals surface area contributed by atoms with E-state index in [4.69, 9.17) is 0 Å². The lowest BCUT2D eigenvalue weighted by molar-refractivity contribution is -0.117. The molecule has 3 rings (SSSR count). The first kappa shape index (κ1) is 19.2. The van der Waals surface area contributed by atoms with Gasteiger partial charge in [0, 0.05) is 22.9 Å². The Morgan fingerprint density at radius 3 is 2.39 bits per heavy atom. The van der Waals surface area contributed by atoms with Gasteiger partial charge in [0.05, 0.1) is 5.69 Å². The first-order valence-corrected chi connectivity index (χ1v) is 8.90. The maximum atomic E-state index is 12.3. The summed E-state index contributed by atoms with van der Waals surface area (Å²) in [6.07, 6.45) is 0. The number of rotatable bonds is 5. The van der Waals surface area contributed by atoms with Gasteiger partial charge in [-0.2, -0.15) is 5.10 Å². The summed E-state index contributed by atoms with van der Waals surface area (Å²) in [5.74, 6) is -0.417. The average Bonchev–Trinajstić information content (AvgIpc) is 2.66. The molecule has 0 saturated carbocycles. The number of carbonyl (C=O) groups is 2. The minimum absolute atomic E-state index is 0.0446. The van der Waals surface area contributed by atoms with E-state index in [0.29, 0.717) is 16.9 Å². The monoisotopic (exact) mass is 375 g/mol. The van der Waals surface area contributed by atoms with Crippen LogP contribution < -0.4 is 10.9 Å². The number of benzene rings is 2. The van der Waals surface area contributed by atoms with Gasteiger partial charge in [0.2, 0.25) is 5.91 Å². The minimum Gasteiger partial charge on any atom is -0.324 e. The number of anilines is 1. The van der Waals surface area contributed by atoms with Crippen molar-refractivity contribution in [3.05, 3.63) is 81.6 Å². The SMILES string of the molecule is CC(=O)c1ccc(NC(=O)Cn2nc(-c3cc(C)ccc3C)ccc2=O)cc1. The molecule has 0 radical (unpaired) electrons. The van der Waals surface area contributed by atoms with Crippen LogP contribution in [-0.4, -0.2) is 21.5 Å². The zero-order valence-corrected chi connectivity index (χ0v) is 16.0. The molecule has 0 aliphatic rings. The Morgan fingerprint density at radius 2 is 1.71 bits per heavy atom. The Morgan fingerprint density at radius 1 is 1.00 bits per heavy atom. The fourth-order valence-electron chi connectivity index (χ4n) is 2.84. The van der Waals surface area contributed by atoms with E-state index in [-0.39, 0.29) is 23.8 Å². The van der Waals surface area contributed by atoms with Crippen LogP contribution in [0.4, 0.5) is 5.69 Å². The van der Waals surface area contributed by atoms with E-state index in [0.717, 1.165) is 21.4 Å². The van der Waals surface area contributed by atoms with Crippen molar-refractivity contribution in [1.29, 1.82) is 0 Å². The summed E-state index contributed by atoms with van der Waals surface area (Å²) in [4.78, 5) is 35.8. The highest BCUT2D eigenvalue weighted by molar-refractivity contribution is 5.95. The van der Waals surface area contributed by atoms with E-state index in [1.165, 1.54) is 13.0 Å². The number of Topliss-reactive ketones (excluding diaryl/α,β-unsaturated/α-hetero) is 1. The second kappa shape index (κ2) is 8.00. The van der Waals surface area contributed by atoms with Crippen molar-refractivity contribution < 1.29 is 9.59 Å². The van der Waals surface area contributed by atoms with Crippen LogP contribution in [0.3, 0.4) is 0 Å². The Hall–Kier alpha value is -3.54. The molecule has 0 saturated heterocycles. The fourth-order valence-corrected chi connectivity index (χ4v) is 2.84. The molecule has 6 heteroatoms. The summed E-state index contributed by atoms with van der Waals surface area (Å²) >= 11 is 0. The van der Waals surface area contributed by atoms with Gasteiger partial charge in [-0.25, -0.2) is 4.68 Å². The van der Waals surface area contributed by atoms with Crippen LogP contribution >= 0.6 is 0 Å². The van der Waals surface area contributed by atoms with E-state index >= 15 is 0 Å². The summed E-state index contributed by atoms with van der Waals surface area (Å²) in [7, 11) is 0. The number of aromatic nitrogens is 2. The molecule has 3 aromatic rings. The second-order valence-corrected chi connectivity index (χ2v) is 6.71. The normalized spacial score (nSPS) is 10.5. The van der Waals surface area contributed by atoms with Gasteiger partial charge in [0.15, 0.2) is 5.78 Å². The molecular weight excluding hydrogens is 354 g/mol. The average molecular weight is 375 g/mol.